The van der Waals surface area contributed by atoms with E-state index in [1.165, 1.54) is 19.1 Å². The predicted molar refractivity (Wildman–Crippen MR) is 82.6 cm³/mol. The van der Waals surface area contributed by atoms with Crippen molar-refractivity contribution in [1.29, 1.82) is 0 Å². The minimum atomic E-state index is -4.31. The Morgan fingerprint density at radius 1 is 1.09 bits per heavy atom. The Kier molecular flexibility index (Phi) is 4.65. The van der Waals surface area contributed by atoms with Crippen LogP contribution in [0, 0.1) is 18.6 Å². The van der Waals surface area contributed by atoms with Crippen molar-refractivity contribution in [3.63, 3.8) is 0 Å². The Balaban J connectivity index is 2.42. The van der Waals surface area contributed by atoms with Crippen molar-refractivity contribution in [2.24, 2.45) is 0 Å². The SMILES string of the molecule is CC(=O)Nc1cccc(NS(=O)(=O)c2cc(F)ccc2F)c1C. The Hall–Kier alpha value is -2.48. The molecule has 5 nitrogen and oxygen atoms in total. The second kappa shape index (κ2) is 6.33. The van der Waals surface area contributed by atoms with E-state index in [0.717, 1.165) is 12.1 Å². The van der Waals surface area contributed by atoms with Gasteiger partial charge in [-0.3, -0.25) is 9.52 Å². The molecule has 0 saturated carbocycles. The summed E-state index contributed by atoms with van der Waals surface area (Å²) in [7, 11) is -4.31. The maximum Gasteiger partial charge on any atom is 0.264 e. The van der Waals surface area contributed by atoms with Crippen LogP contribution in [0.15, 0.2) is 41.3 Å². The van der Waals surface area contributed by atoms with E-state index in [-0.39, 0.29) is 11.6 Å². The van der Waals surface area contributed by atoms with Crippen molar-refractivity contribution >= 4 is 27.3 Å². The molecule has 0 saturated heterocycles. The highest BCUT2D eigenvalue weighted by molar-refractivity contribution is 7.92. The molecule has 0 bridgehead atoms. The third-order valence-electron chi connectivity index (χ3n) is 3.07. The van der Waals surface area contributed by atoms with Gasteiger partial charge in [0, 0.05) is 12.6 Å². The smallest absolute Gasteiger partial charge is 0.264 e. The number of hydrogen-bond donors (Lipinski definition) is 2. The molecule has 122 valence electrons. The van der Waals surface area contributed by atoms with E-state index in [0.29, 0.717) is 17.3 Å². The molecule has 0 aliphatic heterocycles. The van der Waals surface area contributed by atoms with Crippen LogP contribution in [-0.4, -0.2) is 14.3 Å². The summed E-state index contributed by atoms with van der Waals surface area (Å²) in [6.45, 7) is 2.91. The number of halogens is 2. The van der Waals surface area contributed by atoms with Gasteiger partial charge in [0.1, 0.15) is 16.5 Å². The molecule has 2 rings (SSSR count). The third kappa shape index (κ3) is 3.84. The first-order valence-electron chi connectivity index (χ1n) is 6.56. The van der Waals surface area contributed by atoms with E-state index < -0.39 is 26.6 Å². The predicted octanol–water partition coefficient (Wildman–Crippen LogP) is 3.03. The lowest BCUT2D eigenvalue weighted by Crippen LogP contribution is -2.16. The van der Waals surface area contributed by atoms with E-state index >= 15 is 0 Å². The number of rotatable bonds is 4. The average molecular weight is 340 g/mol. The van der Waals surface area contributed by atoms with Crippen LogP contribution in [0.1, 0.15) is 12.5 Å². The van der Waals surface area contributed by atoms with Gasteiger partial charge in [-0.1, -0.05) is 6.07 Å². The van der Waals surface area contributed by atoms with Gasteiger partial charge in [0.15, 0.2) is 0 Å². The number of hydrogen-bond acceptors (Lipinski definition) is 3. The molecule has 0 heterocycles. The third-order valence-corrected chi connectivity index (χ3v) is 4.45. The van der Waals surface area contributed by atoms with E-state index in [1.807, 2.05) is 0 Å². The van der Waals surface area contributed by atoms with Gasteiger partial charge in [-0.25, -0.2) is 17.2 Å². The van der Waals surface area contributed by atoms with Crippen LogP contribution in [0.3, 0.4) is 0 Å². The first-order valence-corrected chi connectivity index (χ1v) is 8.04. The maximum atomic E-state index is 13.7. The van der Waals surface area contributed by atoms with Crippen molar-refractivity contribution in [1.82, 2.24) is 0 Å². The van der Waals surface area contributed by atoms with Crippen LogP contribution >= 0.6 is 0 Å². The van der Waals surface area contributed by atoms with E-state index in [2.05, 4.69) is 10.0 Å². The van der Waals surface area contributed by atoms with E-state index in [9.17, 15) is 22.0 Å². The molecule has 23 heavy (non-hydrogen) atoms. The molecule has 1 amide bonds. The molecule has 2 N–H and O–H groups in total. The fourth-order valence-corrected chi connectivity index (χ4v) is 3.17. The first kappa shape index (κ1) is 16.9. The van der Waals surface area contributed by atoms with Gasteiger partial charge in [-0.15, -0.1) is 0 Å². The highest BCUT2D eigenvalue weighted by Crippen LogP contribution is 2.26. The van der Waals surface area contributed by atoms with Crippen molar-refractivity contribution < 1.29 is 22.0 Å². The Labute approximate surface area is 132 Å². The highest BCUT2D eigenvalue weighted by Gasteiger charge is 2.21. The molecule has 0 aromatic heterocycles. The molecule has 0 aliphatic rings. The summed E-state index contributed by atoms with van der Waals surface area (Å²) in [4.78, 5) is 10.3. The molecule has 0 spiro atoms. The molecule has 8 heteroatoms. The Morgan fingerprint density at radius 2 is 1.74 bits per heavy atom. The standard InChI is InChI=1S/C15H14F2N2O3S/c1-9-13(18-10(2)20)4-3-5-14(9)19-23(21,22)15-8-11(16)6-7-12(15)17/h3-8,19H,1-2H3,(H,18,20). The topological polar surface area (TPSA) is 75.3 Å². The van der Waals surface area contributed by atoms with Crippen molar-refractivity contribution in [2.45, 2.75) is 18.7 Å². The number of carbonyl (C=O) groups is 1. The number of carbonyl (C=O) groups excluding carboxylic acids is 1. The van der Waals surface area contributed by atoms with Gasteiger partial charge in [0.05, 0.1) is 5.69 Å². The lowest BCUT2D eigenvalue weighted by atomic mass is 10.1. The summed E-state index contributed by atoms with van der Waals surface area (Å²) >= 11 is 0. The minimum Gasteiger partial charge on any atom is -0.326 e. The second-order valence-corrected chi connectivity index (χ2v) is 6.49. The second-order valence-electron chi connectivity index (χ2n) is 4.84. The zero-order valence-electron chi connectivity index (χ0n) is 12.4. The highest BCUT2D eigenvalue weighted by atomic mass is 32.2. The normalized spacial score (nSPS) is 11.1. The summed E-state index contributed by atoms with van der Waals surface area (Å²) in [5, 5.41) is 2.55. The van der Waals surface area contributed by atoms with Crippen LogP contribution in [0.4, 0.5) is 20.2 Å². The fourth-order valence-electron chi connectivity index (χ4n) is 1.95. The zero-order valence-corrected chi connectivity index (χ0v) is 13.2. The number of nitrogens with one attached hydrogen (secondary N) is 2. The summed E-state index contributed by atoms with van der Waals surface area (Å²) in [6.07, 6.45) is 0. The van der Waals surface area contributed by atoms with Crippen LogP contribution in [0.2, 0.25) is 0 Å². The average Bonchev–Trinajstić information content (AvgIpc) is 2.45. The van der Waals surface area contributed by atoms with Crippen LogP contribution in [0.25, 0.3) is 0 Å². The number of benzene rings is 2. The summed E-state index contributed by atoms with van der Waals surface area (Å²) in [5.74, 6) is -2.24. The van der Waals surface area contributed by atoms with Gasteiger partial charge in [0.25, 0.3) is 10.0 Å². The molecule has 0 fully saturated rings. The first-order chi connectivity index (χ1) is 10.7. The van der Waals surface area contributed by atoms with Crippen LogP contribution < -0.4 is 10.0 Å². The van der Waals surface area contributed by atoms with Crippen molar-refractivity contribution in [2.75, 3.05) is 10.0 Å². The number of sulfonamides is 1. The molecule has 0 atom stereocenters. The van der Waals surface area contributed by atoms with E-state index in [1.54, 1.807) is 13.0 Å². The van der Waals surface area contributed by atoms with Gasteiger partial charge >= 0.3 is 0 Å². The molecular weight excluding hydrogens is 326 g/mol. The summed E-state index contributed by atoms with van der Waals surface area (Å²) < 4.78 is 53.6. The lowest BCUT2D eigenvalue weighted by Gasteiger charge is -2.14. The van der Waals surface area contributed by atoms with Crippen molar-refractivity contribution in [3.8, 4) is 0 Å². The van der Waals surface area contributed by atoms with Gasteiger partial charge < -0.3 is 5.32 Å². The van der Waals surface area contributed by atoms with Crippen molar-refractivity contribution in [3.05, 3.63) is 53.6 Å². The molecule has 0 radical (unpaired) electrons. The molecule has 2 aromatic rings. The quantitative estimate of drug-likeness (QED) is 0.898. The largest absolute Gasteiger partial charge is 0.326 e. The fraction of sp³-hybridized carbons (Fsp3) is 0.133. The number of anilines is 2. The maximum absolute atomic E-state index is 13.7. The summed E-state index contributed by atoms with van der Waals surface area (Å²) in [6, 6.07) is 6.75. The molecule has 2 aromatic carbocycles. The molecular formula is C15H14F2N2O3S. The minimum absolute atomic E-state index is 0.153. The van der Waals surface area contributed by atoms with E-state index in [4.69, 9.17) is 0 Å². The monoisotopic (exact) mass is 340 g/mol. The van der Waals surface area contributed by atoms with Crippen LogP contribution in [0.5, 0.6) is 0 Å². The lowest BCUT2D eigenvalue weighted by molar-refractivity contribution is -0.114. The molecule has 0 aliphatic carbocycles. The molecule has 0 unspecified atom stereocenters. The zero-order chi connectivity index (χ0) is 17.2. The Bertz CT molecular complexity index is 867. The Morgan fingerprint density at radius 3 is 2.39 bits per heavy atom. The summed E-state index contributed by atoms with van der Waals surface area (Å²) in [5.41, 5.74) is 1.01. The van der Waals surface area contributed by atoms with Gasteiger partial charge in [0.2, 0.25) is 5.91 Å². The van der Waals surface area contributed by atoms with Gasteiger partial charge in [-0.2, -0.15) is 0 Å². The van der Waals surface area contributed by atoms with Gasteiger partial charge in [-0.05, 0) is 42.8 Å². The van der Waals surface area contributed by atoms with Crippen LogP contribution in [-0.2, 0) is 14.8 Å². The number of amides is 1.